The summed E-state index contributed by atoms with van der Waals surface area (Å²) in [5, 5.41) is 13.9. The number of rotatable bonds is 5. The van der Waals surface area contributed by atoms with Crippen molar-refractivity contribution in [2.24, 2.45) is 0 Å². The molecule has 0 aromatic heterocycles. The highest BCUT2D eigenvalue weighted by atomic mass is 35.5. The number of nitrogens with one attached hydrogen (secondary N) is 1. The summed E-state index contributed by atoms with van der Waals surface area (Å²) in [4.78, 5) is 22.4. The van der Waals surface area contributed by atoms with Gasteiger partial charge in [-0.2, -0.15) is 0 Å². The summed E-state index contributed by atoms with van der Waals surface area (Å²) in [6, 6.07) is 9.75. The van der Waals surface area contributed by atoms with E-state index >= 15 is 0 Å². The third kappa shape index (κ3) is 4.20. The fourth-order valence-corrected chi connectivity index (χ4v) is 2.18. The highest BCUT2D eigenvalue weighted by Crippen LogP contribution is 2.26. The average Bonchev–Trinajstić information content (AvgIpc) is 2.50. The first-order valence-electron chi connectivity index (χ1n) is 6.81. The number of amides is 1. The van der Waals surface area contributed by atoms with Crippen molar-refractivity contribution in [2.75, 3.05) is 11.9 Å². The normalized spacial score (nSPS) is 10.2. The third-order valence-electron chi connectivity index (χ3n) is 3.22. The molecule has 0 aliphatic heterocycles. The lowest BCUT2D eigenvalue weighted by Gasteiger charge is -2.11. The number of hydrogen-bond acceptors (Lipinski definition) is 4. The Morgan fingerprint density at radius 2 is 2.04 bits per heavy atom. The van der Waals surface area contributed by atoms with Crippen LogP contribution < -0.4 is 10.1 Å². The molecule has 0 saturated heterocycles. The van der Waals surface area contributed by atoms with Crippen LogP contribution in [0.5, 0.6) is 5.75 Å². The molecule has 0 bridgehead atoms. The summed E-state index contributed by atoms with van der Waals surface area (Å²) >= 11 is 5.99. The number of halogens is 1. The molecule has 120 valence electrons. The fraction of sp³-hybridized carbons (Fsp3) is 0.188. The van der Waals surface area contributed by atoms with Crippen molar-refractivity contribution in [1.82, 2.24) is 0 Å². The molecule has 23 heavy (non-hydrogen) atoms. The maximum Gasteiger partial charge on any atom is 0.274 e. The van der Waals surface area contributed by atoms with Gasteiger partial charge in [-0.15, -0.1) is 0 Å². The van der Waals surface area contributed by atoms with Gasteiger partial charge in [0.1, 0.15) is 5.75 Å². The van der Waals surface area contributed by atoms with E-state index in [0.717, 1.165) is 5.56 Å². The quantitative estimate of drug-likeness (QED) is 0.664. The molecule has 2 aromatic rings. The van der Waals surface area contributed by atoms with Crippen molar-refractivity contribution in [3.8, 4) is 5.75 Å². The number of aryl methyl sites for hydroxylation is 1. The summed E-state index contributed by atoms with van der Waals surface area (Å²) in [6.07, 6.45) is 0. The van der Waals surface area contributed by atoms with Crippen LogP contribution in [0.4, 0.5) is 11.4 Å². The molecular formula is C16H15ClN2O4. The Kier molecular flexibility index (Phi) is 5.18. The smallest absolute Gasteiger partial charge is 0.274 e. The molecule has 1 amide bonds. The molecule has 7 heteroatoms. The van der Waals surface area contributed by atoms with Gasteiger partial charge >= 0.3 is 0 Å². The van der Waals surface area contributed by atoms with Crippen LogP contribution in [-0.4, -0.2) is 17.4 Å². The molecule has 0 radical (unpaired) electrons. The van der Waals surface area contributed by atoms with E-state index in [1.54, 1.807) is 25.1 Å². The Morgan fingerprint density at radius 3 is 2.74 bits per heavy atom. The van der Waals surface area contributed by atoms with Crippen molar-refractivity contribution in [3.63, 3.8) is 0 Å². The van der Waals surface area contributed by atoms with Gasteiger partial charge in [0.15, 0.2) is 6.61 Å². The zero-order chi connectivity index (χ0) is 17.0. The van der Waals surface area contributed by atoms with Crippen molar-refractivity contribution in [1.29, 1.82) is 0 Å². The first-order valence-corrected chi connectivity index (χ1v) is 7.19. The van der Waals surface area contributed by atoms with Gasteiger partial charge in [-0.25, -0.2) is 0 Å². The van der Waals surface area contributed by atoms with Crippen LogP contribution in [0.3, 0.4) is 0 Å². The number of anilines is 1. The second-order valence-corrected chi connectivity index (χ2v) is 5.38. The minimum Gasteiger partial charge on any atom is -0.482 e. The lowest BCUT2D eigenvalue weighted by atomic mass is 10.1. The molecule has 0 spiro atoms. The molecular weight excluding hydrogens is 320 g/mol. The molecule has 1 N–H and O–H groups in total. The average molecular weight is 335 g/mol. The van der Waals surface area contributed by atoms with Gasteiger partial charge in [0, 0.05) is 6.07 Å². The SMILES string of the molecule is Cc1ccc(Cl)c(OCC(=O)Nc2cccc([N+](=O)[O-])c2C)c1. The van der Waals surface area contributed by atoms with Crippen LogP contribution in [0.2, 0.25) is 5.02 Å². The Morgan fingerprint density at radius 1 is 1.30 bits per heavy atom. The molecule has 2 aromatic carbocycles. The van der Waals surface area contributed by atoms with E-state index in [1.165, 1.54) is 12.1 Å². The molecule has 0 aliphatic rings. The van der Waals surface area contributed by atoms with Crippen molar-refractivity contribution in [2.45, 2.75) is 13.8 Å². The van der Waals surface area contributed by atoms with E-state index in [9.17, 15) is 14.9 Å². The summed E-state index contributed by atoms with van der Waals surface area (Å²) in [5.41, 5.74) is 1.67. The molecule has 0 unspecified atom stereocenters. The van der Waals surface area contributed by atoms with Gasteiger partial charge in [-0.3, -0.25) is 14.9 Å². The fourth-order valence-electron chi connectivity index (χ4n) is 2.01. The van der Waals surface area contributed by atoms with Gasteiger partial charge in [0.05, 0.1) is 21.2 Å². The number of carbonyl (C=O) groups excluding carboxylic acids is 1. The zero-order valence-electron chi connectivity index (χ0n) is 12.6. The lowest BCUT2D eigenvalue weighted by molar-refractivity contribution is -0.385. The monoisotopic (exact) mass is 334 g/mol. The molecule has 2 rings (SSSR count). The predicted molar refractivity (Wildman–Crippen MR) is 88.1 cm³/mol. The van der Waals surface area contributed by atoms with Gasteiger partial charge in [-0.1, -0.05) is 23.7 Å². The standard InChI is InChI=1S/C16H15ClN2O4/c1-10-6-7-12(17)15(8-10)23-9-16(20)18-13-4-3-5-14(11(13)2)19(21)22/h3-8H,9H2,1-2H3,(H,18,20). The van der Waals surface area contributed by atoms with Crippen LogP contribution in [-0.2, 0) is 4.79 Å². The summed E-state index contributed by atoms with van der Waals surface area (Å²) < 4.78 is 5.39. The highest BCUT2D eigenvalue weighted by Gasteiger charge is 2.15. The Bertz CT molecular complexity index is 762. The summed E-state index contributed by atoms with van der Waals surface area (Å²) in [5.74, 6) is -0.0104. The molecule has 0 aliphatic carbocycles. The van der Waals surface area contributed by atoms with Crippen LogP contribution in [0, 0.1) is 24.0 Å². The third-order valence-corrected chi connectivity index (χ3v) is 3.53. The van der Waals surface area contributed by atoms with Gasteiger partial charge in [-0.05, 0) is 37.6 Å². The van der Waals surface area contributed by atoms with Crippen LogP contribution in [0.25, 0.3) is 0 Å². The number of carbonyl (C=O) groups is 1. The van der Waals surface area contributed by atoms with E-state index < -0.39 is 10.8 Å². The Labute approximate surface area is 138 Å². The second-order valence-electron chi connectivity index (χ2n) is 4.98. The maximum absolute atomic E-state index is 12.0. The molecule has 0 heterocycles. The van der Waals surface area contributed by atoms with Crippen LogP contribution in [0.1, 0.15) is 11.1 Å². The predicted octanol–water partition coefficient (Wildman–Crippen LogP) is 3.88. The number of nitro benzene ring substituents is 1. The number of nitro groups is 1. The number of benzene rings is 2. The number of hydrogen-bond donors (Lipinski definition) is 1. The number of nitrogens with zero attached hydrogens (tertiary/aromatic N) is 1. The van der Waals surface area contributed by atoms with Gasteiger partial charge in [0.2, 0.25) is 0 Å². The topological polar surface area (TPSA) is 81.5 Å². The maximum atomic E-state index is 12.0. The lowest BCUT2D eigenvalue weighted by Crippen LogP contribution is -2.21. The Balaban J connectivity index is 2.04. The summed E-state index contributed by atoms with van der Waals surface area (Å²) in [7, 11) is 0. The molecule has 6 nitrogen and oxygen atoms in total. The minimum absolute atomic E-state index is 0.0505. The Hall–Kier alpha value is -2.60. The van der Waals surface area contributed by atoms with Crippen LogP contribution in [0.15, 0.2) is 36.4 Å². The highest BCUT2D eigenvalue weighted by molar-refractivity contribution is 6.32. The van der Waals surface area contributed by atoms with Gasteiger partial charge < -0.3 is 10.1 Å². The second kappa shape index (κ2) is 7.11. The van der Waals surface area contributed by atoms with E-state index in [1.807, 2.05) is 13.0 Å². The zero-order valence-corrected chi connectivity index (χ0v) is 13.4. The molecule has 0 saturated carbocycles. The van der Waals surface area contributed by atoms with Crippen molar-refractivity contribution < 1.29 is 14.5 Å². The molecule has 0 fully saturated rings. The summed E-state index contributed by atoms with van der Waals surface area (Å²) in [6.45, 7) is 3.22. The number of ether oxygens (including phenoxy) is 1. The minimum atomic E-state index is -0.492. The van der Waals surface area contributed by atoms with Gasteiger partial charge in [0.25, 0.3) is 11.6 Å². The van der Waals surface area contributed by atoms with E-state index in [4.69, 9.17) is 16.3 Å². The van der Waals surface area contributed by atoms with Crippen LogP contribution >= 0.6 is 11.6 Å². The van der Waals surface area contributed by atoms with Crippen molar-refractivity contribution in [3.05, 3.63) is 62.7 Å². The first-order chi connectivity index (χ1) is 10.9. The van der Waals surface area contributed by atoms with E-state index in [-0.39, 0.29) is 12.3 Å². The van der Waals surface area contributed by atoms with E-state index in [2.05, 4.69) is 5.32 Å². The first kappa shape index (κ1) is 16.8. The van der Waals surface area contributed by atoms with E-state index in [0.29, 0.717) is 22.0 Å². The van der Waals surface area contributed by atoms with Crippen molar-refractivity contribution >= 4 is 28.9 Å². The molecule has 0 atom stereocenters. The largest absolute Gasteiger partial charge is 0.482 e.